The molecule has 4 heteroatoms. The van der Waals surface area contributed by atoms with Crippen LogP contribution >= 0.6 is 15.9 Å². The van der Waals surface area contributed by atoms with Crippen LogP contribution in [0.1, 0.15) is 5.89 Å². The molecule has 1 heterocycles. The molecule has 0 fully saturated rings. The number of fused-ring (bicyclic) bond motifs is 1. The molecular weight excluding hydrogens is 232 g/mol. The minimum absolute atomic E-state index is 0.215. The lowest BCUT2D eigenvalue weighted by Crippen LogP contribution is -1.77. The van der Waals surface area contributed by atoms with Gasteiger partial charge in [-0.05, 0) is 18.2 Å². The molecular formula is C9H5BrN2O. The Labute approximate surface area is 83.1 Å². The molecule has 0 saturated carbocycles. The van der Waals surface area contributed by atoms with E-state index in [4.69, 9.17) is 9.68 Å². The summed E-state index contributed by atoms with van der Waals surface area (Å²) in [5.41, 5.74) is 1.49. The fourth-order valence-electron chi connectivity index (χ4n) is 1.09. The van der Waals surface area contributed by atoms with E-state index in [9.17, 15) is 0 Å². The molecule has 1 aromatic heterocycles. The van der Waals surface area contributed by atoms with E-state index in [1.807, 2.05) is 24.3 Å². The molecule has 0 unspecified atom stereocenters. The van der Waals surface area contributed by atoms with Gasteiger partial charge in [0.2, 0.25) is 5.89 Å². The highest BCUT2D eigenvalue weighted by atomic mass is 79.9. The number of hydrogen-bond donors (Lipinski definition) is 0. The molecule has 0 atom stereocenters. The number of halogens is 1. The first-order valence-electron chi connectivity index (χ1n) is 3.71. The van der Waals surface area contributed by atoms with Crippen molar-refractivity contribution in [3.8, 4) is 6.07 Å². The van der Waals surface area contributed by atoms with Crippen LogP contribution in [0, 0.1) is 11.3 Å². The van der Waals surface area contributed by atoms with Crippen LogP contribution in [0.4, 0.5) is 0 Å². The molecule has 2 rings (SSSR count). The highest BCUT2D eigenvalue weighted by molar-refractivity contribution is 9.10. The van der Waals surface area contributed by atoms with Gasteiger partial charge in [0, 0.05) is 4.47 Å². The lowest BCUT2D eigenvalue weighted by Gasteiger charge is -1.86. The quantitative estimate of drug-likeness (QED) is 0.765. The first-order chi connectivity index (χ1) is 6.29. The summed E-state index contributed by atoms with van der Waals surface area (Å²) in [5, 5.41) is 8.44. The highest BCUT2D eigenvalue weighted by Crippen LogP contribution is 2.20. The molecule has 0 spiro atoms. The normalized spacial score (nSPS) is 10.2. The first kappa shape index (κ1) is 8.27. The zero-order chi connectivity index (χ0) is 9.26. The van der Waals surface area contributed by atoms with E-state index in [1.54, 1.807) is 0 Å². The molecule has 0 aliphatic heterocycles. The predicted octanol–water partition coefficient (Wildman–Crippen LogP) is 2.66. The minimum atomic E-state index is 0.215. The van der Waals surface area contributed by atoms with Crippen molar-refractivity contribution in [1.82, 2.24) is 4.98 Å². The molecule has 13 heavy (non-hydrogen) atoms. The zero-order valence-corrected chi connectivity index (χ0v) is 8.21. The largest absolute Gasteiger partial charge is 0.440 e. The molecule has 0 saturated heterocycles. The lowest BCUT2D eigenvalue weighted by molar-refractivity contribution is 0.548. The highest BCUT2D eigenvalue weighted by Gasteiger charge is 2.04. The Kier molecular flexibility index (Phi) is 2.03. The van der Waals surface area contributed by atoms with Gasteiger partial charge in [-0.2, -0.15) is 5.26 Å². The second-order valence-corrected chi connectivity index (χ2v) is 3.47. The fraction of sp³-hybridized carbons (Fsp3) is 0.111. The number of oxazole rings is 1. The van der Waals surface area contributed by atoms with E-state index < -0.39 is 0 Å². The van der Waals surface area contributed by atoms with Crippen molar-refractivity contribution >= 4 is 27.0 Å². The van der Waals surface area contributed by atoms with E-state index >= 15 is 0 Å². The van der Waals surface area contributed by atoms with E-state index in [1.165, 1.54) is 0 Å². The lowest BCUT2D eigenvalue weighted by atomic mass is 10.3. The van der Waals surface area contributed by atoms with Crippen LogP contribution in [0.15, 0.2) is 27.1 Å². The standard InChI is InChI=1S/C9H5BrN2O/c10-6-1-2-7-8(5-6)13-9(12-7)3-4-11/h1-2,5H,3H2. The SMILES string of the molecule is N#CCc1nc2ccc(Br)cc2o1. The van der Waals surface area contributed by atoms with Crippen LogP contribution in [0.5, 0.6) is 0 Å². The summed E-state index contributed by atoms with van der Waals surface area (Å²) >= 11 is 3.33. The number of rotatable bonds is 1. The van der Waals surface area contributed by atoms with Crippen LogP contribution < -0.4 is 0 Å². The summed E-state index contributed by atoms with van der Waals surface area (Å²) in [7, 11) is 0. The number of benzene rings is 1. The summed E-state index contributed by atoms with van der Waals surface area (Å²) in [5.74, 6) is 0.468. The van der Waals surface area contributed by atoms with Crippen molar-refractivity contribution in [2.24, 2.45) is 0 Å². The van der Waals surface area contributed by atoms with Crippen LogP contribution in [0.2, 0.25) is 0 Å². The van der Waals surface area contributed by atoms with Crippen molar-refractivity contribution in [2.75, 3.05) is 0 Å². The molecule has 0 radical (unpaired) electrons. The minimum Gasteiger partial charge on any atom is -0.440 e. The van der Waals surface area contributed by atoms with Crippen molar-refractivity contribution in [1.29, 1.82) is 5.26 Å². The Morgan fingerprint density at radius 3 is 3.15 bits per heavy atom. The Bertz CT molecular complexity index is 484. The van der Waals surface area contributed by atoms with Crippen molar-refractivity contribution in [3.05, 3.63) is 28.6 Å². The summed E-state index contributed by atoms with van der Waals surface area (Å²) in [6.07, 6.45) is 0.215. The van der Waals surface area contributed by atoms with Gasteiger partial charge in [-0.25, -0.2) is 4.98 Å². The maximum atomic E-state index is 8.44. The van der Waals surface area contributed by atoms with E-state index in [0.29, 0.717) is 11.5 Å². The third kappa shape index (κ3) is 1.56. The van der Waals surface area contributed by atoms with Crippen LogP contribution in [0.3, 0.4) is 0 Å². The Balaban J connectivity index is 2.57. The van der Waals surface area contributed by atoms with Gasteiger partial charge < -0.3 is 4.42 Å². The predicted molar refractivity (Wildman–Crippen MR) is 51.0 cm³/mol. The van der Waals surface area contributed by atoms with Gasteiger partial charge in [-0.3, -0.25) is 0 Å². The maximum Gasteiger partial charge on any atom is 0.209 e. The van der Waals surface area contributed by atoms with Gasteiger partial charge in [0.1, 0.15) is 11.9 Å². The van der Waals surface area contributed by atoms with E-state index in [2.05, 4.69) is 20.9 Å². The Morgan fingerprint density at radius 1 is 1.54 bits per heavy atom. The summed E-state index contributed by atoms with van der Waals surface area (Å²) in [6, 6.07) is 7.57. The molecule has 0 amide bonds. The van der Waals surface area contributed by atoms with Crippen molar-refractivity contribution in [3.63, 3.8) is 0 Å². The summed E-state index contributed by atoms with van der Waals surface area (Å²) in [4.78, 5) is 4.13. The zero-order valence-electron chi connectivity index (χ0n) is 6.62. The van der Waals surface area contributed by atoms with Gasteiger partial charge in [0.15, 0.2) is 5.58 Å². The van der Waals surface area contributed by atoms with Crippen LogP contribution in [-0.4, -0.2) is 4.98 Å². The number of nitriles is 1. The van der Waals surface area contributed by atoms with Gasteiger partial charge in [-0.1, -0.05) is 15.9 Å². The fourth-order valence-corrected chi connectivity index (χ4v) is 1.43. The topological polar surface area (TPSA) is 49.8 Å². The van der Waals surface area contributed by atoms with Gasteiger partial charge in [0.05, 0.1) is 6.07 Å². The number of hydrogen-bond acceptors (Lipinski definition) is 3. The molecule has 64 valence electrons. The van der Waals surface area contributed by atoms with E-state index in [0.717, 1.165) is 9.99 Å². The summed E-state index contributed by atoms with van der Waals surface area (Å²) < 4.78 is 6.27. The number of nitrogens with zero attached hydrogens (tertiary/aromatic N) is 2. The molecule has 3 nitrogen and oxygen atoms in total. The molecule has 0 aliphatic carbocycles. The van der Waals surface area contributed by atoms with Gasteiger partial charge in [-0.15, -0.1) is 0 Å². The second-order valence-electron chi connectivity index (χ2n) is 2.55. The van der Waals surface area contributed by atoms with Crippen LogP contribution in [0.25, 0.3) is 11.1 Å². The average Bonchev–Trinajstić information content (AvgIpc) is 2.46. The van der Waals surface area contributed by atoms with Gasteiger partial charge >= 0.3 is 0 Å². The summed E-state index contributed by atoms with van der Waals surface area (Å²) in [6.45, 7) is 0. The maximum absolute atomic E-state index is 8.44. The average molecular weight is 237 g/mol. The molecule has 0 aliphatic rings. The molecule has 1 aromatic carbocycles. The third-order valence-electron chi connectivity index (χ3n) is 1.63. The molecule has 0 bridgehead atoms. The van der Waals surface area contributed by atoms with E-state index in [-0.39, 0.29) is 6.42 Å². The number of aromatic nitrogens is 1. The van der Waals surface area contributed by atoms with Gasteiger partial charge in [0.25, 0.3) is 0 Å². The molecule has 2 aromatic rings. The smallest absolute Gasteiger partial charge is 0.209 e. The van der Waals surface area contributed by atoms with Crippen LogP contribution in [-0.2, 0) is 6.42 Å². The second kappa shape index (κ2) is 3.19. The Hall–Kier alpha value is -1.34. The Morgan fingerprint density at radius 2 is 2.38 bits per heavy atom. The van der Waals surface area contributed by atoms with Crippen molar-refractivity contribution < 1.29 is 4.42 Å². The monoisotopic (exact) mass is 236 g/mol. The van der Waals surface area contributed by atoms with Crippen molar-refractivity contribution in [2.45, 2.75) is 6.42 Å². The third-order valence-corrected chi connectivity index (χ3v) is 2.12. The first-order valence-corrected chi connectivity index (χ1v) is 4.51. The molecule has 0 N–H and O–H groups in total.